The lowest BCUT2D eigenvalue weighted by atomic mass is 10.3. The quantitative estimate of drug-likeness (QED) is 0.210. The lowest BCUT2D eigenvalue weighted by Crippen LogP contribution is -2.50. The van der Waals surface area contributed by atoms with E-state index in [1.54, 1.807) is 18.5 Å². The highest BCUT2D eigenvalue weighted by Crippen LogP contribution is 2.28. The maximum absolute atomic E-state index is 12.7. The normalized spacial score (nSPS) is 14.3. The Bertz CT molecular complexity index is 1500. The van der Waals surface area contributed by atoms with E-state index in [9.17, 15) is 8.42 Å². The van der Waals surface area contributed by atoms with Crippen LogP contribution in [0.4, 0.5) is 16.6 Å². The van der Waals surface area contributed by atoms with Gasteiger partial charge in [0.05, 0.1) is 10.3 Å². The monoisotopic (exact) mass is 655 g/mol. The van der Waals surface area contributed by atoms with Crippen LogP contribution in [0.5, 0.6) is 0 Å². The molecule has 0 aliphatic carbocycles. The van der Waals surface area contributed by atoms with Crippen LogP contribution >= 0.6 is 46.1 Å². The molecule has 0 unspecified atom stereocenters. The Morgan fingerprint density at radius 2 is 1.92 bits per heavy atom. The molecule has 4 heterocycles. The van der Waals surface area contributed by atoms with E-state index < -0.39 is 10.0 Å². The van der Waals surface area contributed by atoms with Gasteiger partial charge in [0.25, 0.3) is 10.0 Å². The number of aryl methyl sites for hydroxylation is 1. The van der Waals surface area contributed by atoms with Gasteiger partial charge in [-0.1, -0.05) is 18.3 Å². The molecule has 0 spiro atoms. The van der Waals surface area contributed by atoms with Gasteiger partial charge in [0, 0.05) is 41.6 Å². The summed E-state index contributed by atoms with van der Waals surface area (Å²) >= 11 is 9.14. The number of rotatable bonds is 6. The van der Waals surface area contributed by atoms with Gasteiger partial charge in [-0.05, 0) is 65.5 Å². The Hall–Kier alpha value is -2.63. The molecule has 0 bridgehead atoms. The number of H-pyrrole nitrogens is 1. The first-order valence-corrected chi connectivity index (χ1v) is 14.9. The lowest BCUT2D eigenvalue weighted by Gasteiger charge is -2.37. The van der Waals surface area contributed by atoms with Gasteiger partial charge in [-0.2, -0.15) is 0 Å². The van der Waals surface area contributed by atoms with Gasteiger partial charge in [0.15, 0.2) is 5.11 Å². The molecule has 0 saturated carbocycles. The first-order chi connectivity index (χ1) is 17.3. The smallest absolute Gasteiger partial charge is 0.263 e. The van der Waals surface area contributed by atoms with E-state index in [-0.39, 0.29) is 10.0 Å². The molecule has 188 valence electrons. The van der Waals surface area contributed by atoms with E-state index in [1.807, 2.05) is 13.1 Å². The Balaban J connectivity index is 1.19. The number of piperazine rings is 1. The van der Waals surface area contributed by atoms with Crippen molar-refractivity contribution in [2.75, 3.05) is 41.1 Å². The first kappa shape index (κ1) is 25.0. The highest BCUT2D eigenvalue weighted by Gasteiger charge is 2.23. The molecule has 1 aliphatic heterocycles. The third kappa shape index (κ3) is 5.23. The van der Waals surface area contributed by atoms with Crippen molar-refractivity contribution < 1.29 is 8.42 Å². The van der Waals surface area contributed by atoms with E-state index in [2.05, 4.69) is 67.6 Å². The zero-order valence-electron chi connectivity index (χ0n) is 19.1. The van der Waals surface area contributed by atoms with Crippen molar-refractivity contribution in [2.45, 2.75) is 18.2 Å². The Morgan fingerprint density at radius 1 is 1.17 bits per heavy atom. The van der Waals surface area contributed by atoms with E-state index in [4.69, 9.17) is 12.2 Å². The number of thiocarbonyl (C=S) groups is 1. The van der Waals surface area contributed by atoms with Gasteiger partial charge >= 0.3 is 0 Å². The summed E-state index contributed by atoms with van der Waals surface area (Å²) in [5, 5.41) is 13.7. The fourth-order valence-corrected chi connectivity index (χ4v) is 6.66. The van der Waals surface area contributed by atoms with Crippen molar-refractivity contribution in [3.63, 3.8) is 0 Å². The molecule has 1 aliphatic rings. The number of aromatic nitrogens is 5. The largest absolute Gasteiger partial charge is 0.352 e. The molecule has 1 fully saturated rings. The SMILES string of the molecule is CCc1nnc(NS(=O)(=O)c2ccc(NC(=S)N3CCN(c4ncnc5[nH]cc(I)c45)CC3)cc2)s1. The molecule has 15 heteroatoms. The summed E-state index contributed by atoms with van der Waals surface area (Å²) in [6, 6.07) is 6.46. The third-order valence-electron chi connectivity index (χ3n) is 5.67. The zero-order valence-corrected chi connectivity index (χ0v) is 23.7. The molecular formula is C21H22IN9O2S3. The minimum atomic E-state index is -3.75. The maximum atomic E-state index is 12.7. The number of anilines is 3. The number of fused-ring (bicyclic) bond motifs is 1. The molecule has 36 heavy (non-hydrogen) atoms. The summed E-state index contributed by atoms with van der Waals surface area (Å²) < 4.78 is 28.9. The molecule has 1 aromatic carbocycles. The second-order valence-corrected chi connectivity index (χ2v) is 12.2. The van der Waals surface area contributed by atoms with Gasteiger partial charge < -0.3 is 20.1 Å². The van der Waals surface area contributed by atoms with Crippen molar-refractivity contribution >= 4 is 89.0 Å². The maximum Gasteiger partial charge on any atom is 0.263 e. The molecule has 11 nitrogen and oxygen atoms in total. The lowest BCUT2D eigenvalue weighted by molar-refractivity contribution is 0.390. The molecule has 0 radical (unpaired) electrons. The summed E-state index contributed by atoms with van der Waals surface area (Å²) in [5.41, 5.74) is 1.55. The van der Waals surface area contributed by atoms with Gasteiger partial charge in [-0.25, -0.2) is 18.4 Å². The van der Waals surface area contributed by atoms with E-state index >= 15 is 0 Å². The molecule has 0 amide bonds. The van der Waals surface area contributed by atoms with Crippen LogP contribution in [0.3, 0.4) is 0 Å². The molecule has 3 N–H and O–H groups in total. The predicted molar refractivity (Wildman–Crippen MR) is 153 cm³/mol. The molecule has 3 aromatic heterocycles. The topological polar surface area (TPSA) is 132 Å². The van der Waals surface area contributed by atoms with Crippen LogP contribution < -0.4 is 14.9 Å². The van der Waals surface area contributed by atoms with Crippen molar-refractivity contribution in [3.05, 3.63) is 45.4 Å². The molecule has 5 rings (SSSR count). The second kappa shape index (κ2) is 10.4. The number of nitrogens with one attached hydrogen (secondary N) is 3. The van der Waals surface area contributed by atoms with Crippen LogP contribution in [0.1, 0.15) is 11.9 Å². The Morgan fingerprint density at radius 3 is 2.61 bits per heavy atom. The standard InChI is InChI=1S/C21H22IN9O2S3/c1-2-16-27-28-20(35-16)29-36(32,33)14-5-3-13(4-6-14)26-21(34)31-9-7-30(8-10-31)19-17-15(22)11-23-18(17)24-12-25-19/h3-6,11-12H,2,7-10H2,1H3,(H,26,34)(H,28,29)(H,23,24,25). The van der Waals surface area contributed by atoms with Gasteiger partial charge in [-0.3, -0.25) is 4.72 Å². The van der Waals surface area contributed by atoms with Crippen LogP contribution in [0.15, 0.2) is 41.7 Å². The molecule has 1 saturated heterocycles. The Kier molecular flexibility index (Phi) is 7.23. The van der Waals surface area contributed by atoms with Gasteiger partial charge in [0.1, 0.15) is 22.8 Å². The Labute approximate surface area is 230 Å². The highest BCUT2D eigenvalue weighted by molar-refractivity contribution is 14.1. The van der Waals surface area contributed by atoms with Crippen LogP contribution in [-0.2, 0) is 16.4 Å². The second-order valence-electron chi connectivity index (χ2n) is 7.95. The van der Waals surface area contributed by atoms with Crippen LogP contribution in [0, 0.1) is 3.57 Å². The zero-order chi connectivity index (χ0) is 25.3. The minimum Gasteiger partial charge on any atom is -0.352 e. The van der Waals surface area contributed by atoms with Gasteiger partial charge in [-0.15, -0.1) is 10.2 Å². The summed E-state index contributed by atoms with van der Waals surface area (Å²) in [6.07, 6.45) is 4.22. The third-order valence-corrected chi connectivity index (χ3v) is 9.35. The van der Waals surface area contributed by atoms with Crippen molar-refractivity contribution in [1.29, 1.82) is 0 Å². The van der Waals surface area contributed by atoms with Crippen LogP contribution in [0.2, 0.25) is 0 Å². The number of benzene rings is 1. The predicted octanol–water partition coefficient (Wildman–Crippen LogP) is 3.30. The van der Waals surface area contributed by atoms with Crippen molar-refractivity contribution in [1.82, 2.24) is 30.0 Å². The van der Waals surface area contributed by atoms with E-state index in [1.165, 1.54) is 23.5 Å². The average molecular weight is 656 g/mol. The number of sulfonamides is 1. The minimum absolute atomic E-state index is 0.136. The average Bonchev–Trinajstić information content (AvgIpc) is 3.50. The van der Waals surface area contributed by atoms with Gasteiger partial charge in [0.2, 0.25) is 5.13 Å². The number of hydrogen-bond acceptors (Lipinski definition) is 9. The highest BCUT2D eigenvalue weighted by atomic mass is 127. The van der Waals surface area contributed by atoms with Crippen molar-refractivity contribution in [2.24, 2.45) is 0 Å². The first-order valence-electron chi connectivity index (χ1n) is 11.1. The fourth-order valence-electron chi connectivity index (χ4n) is 3.80. The number of hydrogen-bond donors (Lipinski definition) is 3. The fraction of sp³-hybridized carbons (Fsp3) is 0.286. The number of aromatic amines is 1. The summed E-state index contributed by atoms with van der Waals surface area (Å²) in [4.78, 5) is 16.5. The van der Waals surface area contributed by atoms with E-state index in [0.29, 0.717) is 17.2 Å². The summed E-state index contributed by atoms with van der Waals surface area (Å²) in [6.45, 7) is 4.94. The molecule has 0 atom stereocenters. The number of halogens is 1. The van der Waals surface area contributed by atoms with Crippen molar-refractivity contribution in [3.8, 4) is 0 Å². The van der Waals surface area contributed by atoms with Crippen LogP contribution in [-0.4, -0.2) is 69.8 Å². The van der Waals surface area contributed by atoms with Crippen LogP contribution in [0.25, 0.3) is 11.0 Å². The van der Waals surface area contributed by atoms with E-state index in [0.717, 1.165) is 51.6 Å². The summed E-state index contributed by atoms with van der Waals surface area (Å²) in [5.74, 6) is 0.925. The molecule has 4 aromatic rings. The summed E-state index contributed by atoms with van der Waals surface area (Å²) in [7, 11) is -3.75. The number of nitrogens with zero attached hydrogens (tertiary/aromatic N) is 6. The molecular weight excluding hydrogens is 633 g/mol.